The van der Waals surface area contributed by atoms with Crippen LogP contribution in [0.3, 0.4) is 0 Å². The van der Waals surface area contributed by atoms with E-state index in [9.17, 15) is 4.79 Å². The van der Waals surface area contributed by atoms with Crippen LogP contribution in [0.2, 0.25) is 0 Å². The smallest absolute Gasteiger partial charge is 0.224 e. The Morgan fingerprint density at radius 2 is 2.08 bits per heavy atom. The standard InChI is InChI=1S/C18H36N4O.HI/c1-5-6-7-10-15(2)21-18(19-4)20-13-12-17(23)22-14-9-8-11-16(22)3;/h15-16H,5-14H2,1-4H3,(H2,19,20,21);1H. The summed E-state index contributed by atoms with van der Waals surface area (Å²) in [6, 6.07) is 0.804. The van der Waals surface area contributed by atoms with Crippen LogP contribution in [0.5, 0.6) is 0 Å². The van der Waals surface area contributed by atoms with E-state index in [1.165, 1.54) is 25.7 Å². The van der Waals surface area contributed by atoms with Crippen LogP contribution in [0.15, 0.2) is 4.99 Å². The normalized spacial score (nSPS) is 19.4. The number of rotatable bonds is 8. The zero-order chi connectivity index (χ0) is 17.1. The number of hydrogen-bond donors (Lipinski definition) is 2. The number of hydrogen-bond acceptors (Lipinski definition) is 2. The Balaban J connectivity index is 0.00000529. The van der Waals surface area contributed by atoms with Crippen LogP contribution in [0.4, 0.5) is 0 Å². The highest BCUT2D eigenvalue weighted by Gasteiger charge is 2.22. The molecule has 142 valence electrons. The maximum absolute atomic E-state index is 12.3. The lowest BCUT2D eigenvalue weighted by atomic mass is 10.0. The molecular formula is C18H37IN4O. The number of carbonyl (C=O) groups excluding carboxylic acids is 1. The van der Waals surface area contributed by atoms with Crippen LogP contribution in [0.25, 0.3) is 0 Å². The predicted octanol–water partition coefficient (Wildman–Crippen LogP) is 3.53. The van der Waals surface area contributed by atoms with Gasteiger partial charge in [0.2, 0.25) is 5.91 Å². The Labute approximate surface area is 165 Å². The van der Waals surface area contributed by atoms with Crippen LogP contribution in [0.1, 0.15) is 72.1 Å². The zero-order valence-corrected chi connectivity index (χ0v) is 18.3. The molecule has 0 aromatic carbocycles. The minimum Gasteiger partial charge on any atom is -0.356 e. The van der Waals surface area contributed by atoms with Crippen molar-refractivity contribution in [1.82, 2.24) is 15.5 Å². The summed E-state index contributed by atoms with van der Waals surface area (Å²) in [5.74, 6) is 1.06. The molecule has 1 fully saturated rings. The predicted molar refractivity (Wildman–Crippen MR) is 113 cm³/mol. The number of nitrogens with one attached hydrogen (secondary N) is 2. The molecule has 1 amide bonds. The number of likely N-dealkylation sites (tertiary alicyclic amines) is 1. The first kappa shape index (κ1) is 23.5. The molecule has 0 saturated carbocycles. The SMILES string of the molecule is CCCCCC(C)NC(=NC)NCCC(=O)N1CCCCC1C.I. The molecule has 0 aromatic rings. The fourth-order valence-electron chi connectivity index (χ4n) is 3.10. The van der Waals surface area contributed by atoms with Crippen molar-refractivity contribution in [1.29, 1.82) is 0 Å². The molecule has 1 saturated heterocycles. The summed E-state index contributed by atoms with van der Waals surface area (Å²) in [5.41, 5.74) is 0. The first-order chi connectivity index (χ1) is 11.1. The molecule has 0 spiro atoms. The molecule has 2 atom stereocenters. The zero-order valence-electron chi connectivity index (χ0n) is 15.9. The van der Waals surface area contributed by atoms with E-state index in [2.05, 4.69) is 36.4 Å². The summed E-state index contributed by atoms with van der Waals surface area (Å²) in [5, 5.41) is 6.67. The summed E-state index contributed by atoms with van der Waals surface area (Å²) >= 11 is 0. The molecule has 2 unspecified atom stereocenters. The van der Waals surface area contributed by atoms with Gasteiger partial charge in [-0.2, -0.15) is 0 Å². The van der Waals surface area contributed by atoms with Crippen LogP contribution < -0.4 is 10.6 Å². The second-order valence-electron chi connectivity index (χ2n) is 6.72. The molecule has 24 heavy (non-hydrogen) atoms. The van der Waals surface area contributed by atoms with E-state index >= 15 is 0 Å². The number of halogens is 1. The molecule has 0 aromatic heterocycles. The van der Waals surface area contributed by atoms with Crippen molar-refractivity contribution in [2.75, 3.05) is 20.1 Å². The van der Waals surface area contributed by atoms with E-state index in [1.54, 1.807) is 7.05 Å². The van der Waals surface area contributed by atoms with Crippen molar-refractivity contribution in [3.63, 3.8) is 0 Å². The van der Waals surface area contributed by atoms with Gasteiger partial charge in [-0.1, -0.05) is 26.2 Å². The second-order valence-corrected chi connectivity index (χ2v) is 6.72. The van der Waals surface area contributed by atoms with E-state index in [0.717, 1.165) is 31.8 Å². The first-order valence-corrected chi connectivity index (χ1v) is 9.35. The van der Waals surface area contributed by atoms with Crippen molar-refractivity contribution < 1.29 is 4.79 Å². The molecule has 1 aliphatic heterocycles. The average Bonchev–Trinajstić information content (AvgIpc) is 2.54. The van der Waals surface area contributed by atoms with Crippen molar-refractivity contribution in [3.05, 3.63) is 0 Å². The highest BCUT2D eigenvalue weighted by Crippen LogP contribution is 2.16. The van der Waals surface area contributed by atoms with Crippen molar-refractivity contribution >= 4 is 35.8 Å². The van der Waals surface area contributed by atoms with Gasteiger partial charge in [0.25, 0.3) is 0 Å². The summed E-state index contributed by atoms with van der Waals surface area (Å²) in [4.78, 5) is 18.6. The van der Waals surface area contributed by atoms with Gasteiger partial charge in [-0.25, -0.2) is 0 Å². The minimum absolute atomic E-state index is 0. The molecule has 1 heterocycles. The van der Waals surface area contributed by atoms with Gasteiger partial charge in [-0.3, -0.25) is 9.79 Å². The van der Waals surface area contributed by atoms with Gasteiger partial charge in [-0.05, 0) is 39.5 Å². The Kier molecular flexibility index (Phi) is 13.4. The number of amides is 1. The Morgan fingerprint density at radius 3 is 2.71 bits per heavy atom. The lowest BCUT2D eigenvalue weighted by molar-refractivity contribution is -0.134. The maximum Gasteiger partial charge on any atom is 0.224 e. The number of unbranched alkanes of at least 4 members (excludes halogenated alkanes) is 2. The third-order valence-corrected chi connectivity index (χ3v) is 4.60. The molecule has 1 aliphatic rings. The summed E-state index contributed by atoms with van der Waals surface area (Å²) < 4.78 is 0. The van der Waals surface area contributed by atoms with Gasteiger partial charge >= 0.3 is 0 Å². The van der Waals surface area contributed by atoms with Gasteiger partial charge < -0.3 is 15.5 Å². The van der Waals surface area contributed by atoms with Crippen molar-refractivity contribution in [2.45, 2.75) is 84.2 Å². The average molecular weight is 452 g/mol. The molecule has 2 N–H and O–H groups in total. The van der Waals surface area contributed by atoms with E-state index in [1.807, 2.05) is 4.90 Å². The van der Waals surface area contributed by atoms with Gasteiger partial charge in [0, 0.05) is 38.6 Å². The number of carbonyl (C=O) groups is 1. The summed E-state index contributed by atoms with van der Waals surface area (Å²) in [6.45, 7) is 8.12. The number of aliphatic imine (C=N–C) groups is 1. The molecule has 5 nitrogen and oxygen atoms in total. The lowest BCUT2D eigenvalue weighted by Gasteiger charge is -2.33. The quantitative estimate of drug-likeness (QED) is 0.257. The van der Waals surface area contributed by atoms with Crippen molar-refractivity contribution in [2.24, 2.45) is 4.99 Å². The monoisotopic (exact) mass is 452 g/mol. The summed E-state index contributed by atoms with van der Waals surface area (Å²) in [7, 11) is 1.78. The molecule has 0 bridgehead atoms. The second kappa shape index (κ2) is 13.7. The molecular weight excluding hydrogens is 415 g/mol. The Morgan fingerprint density at radius 1 is 1.33 bits per heavy atom. The fourth-order valence-corrected chi connectivity index (χ4v) is 3.10. The lowest BCUT2D eigenvalue weighted by Crippen LogP contribution is -2.45. The molecule has 0 aliphatic carbocycles. The number of nitrogens with zero attached hydrogens (tertiary/aromatic N) is 2. The van der Waals surface area contributed by atoms with Crippen LogP contribution in [-0.4, -0.2) is 49.0 Å². The summed E-state index contributed by atoms with van der Waals surface area (Å²) in [6.07, 6.45) is 8.98. The number of guanidine groups is 1. The topological polar surface area (TPSA) is 56.7 Å². The van der Waals surface area contributed by atoms with E-state index < -0.39 is 0 Å². The fraction of sp³-hybridized carbons (Fsp3) is 0.889. The molecule has 0 radical (unpaired) electrons. The largest absolute Gasteiger partial charge is 0.356 e. The third-order valence-electron chi connectivity index (χ3n) is 4.60. The highest BCUT2D eigenvalue weighted by molar-refractivity contribution is 14.0. The highest BCUT2D eigenvalue weighted by atomic mass is 127. The minimum atomic E-state index is 0. The van der Waals surface area contributed by atoms with Gasteiger partial charge in [0.05, 0.1) is 0 Å². The van der Waals surface area contributed by atoms with Gasteiger partial charge in [-0.15, -0.1) is 24.0 Å². The molecule has 6 heteroatoms. The van der Waals surface area contributed by atoms with Crippen molar-refractivity contribution in [3.8, 4) is 0 Å². The van der Waals surface area contributed by atoms with Crippen LogP contribution in [-0.2, 0) is 4.79 Å². The third kappa shape index (κ3) is 9.08. The van der Waals surface area contributed by atoms with Gasteiger partial charge in [0.1, 0.15) is 0 Å². The molecule has 1 rings (SSSR count). The Hall–Kier alpha value is -0.530. The van der Waals surface area contributed by atoms with Crippen LogP contribution >= 0.6 is 24.0 Å². The number of piperidine rings is 1. The van der Waals surface area contributed by atoms with E-state index in [-0.39, 0.29) is 29.9 Å². The van der Waals surface area contributed by atoms with Crippen LogP contribution in [0, 0.1) is 0 Å². The van der Waals surface area contributed by atoms with E-state index in [4.69, 9.17) is 0 Å². The first-order valence-electron chi connectivity index (χ1n) is 9.35. The van der Waals surface area contributed by atoms with Gasteiger partial charge in [0.15, 0.2) is 5.96 Å². The maximum atomic E-state index is 12.3. The Bertz CT molecular complexity index is 376. The van der Waals surface area contributed by atoms with E-state index in [0.29, 0.717) is 25.0 Å².